The average Bonchev–Trinajstić information content (AvgIpc) is 2.55. The average molecular weight is 284 g/mol. The van der Waals surface area contributed by atoms with Gasteiger partial charge in [0.2, 0.25) is 0 Å². The van der Waals surface area contributed by atoms with Crippen molar-refractivity contribution in [3.63, 3.8) is 0 Å². The van der Waals surface area contributed by atoms with E-state index in [1.807, 2.05) is 0 Å². The van der Waals surface area contributed by atoms with E-state index in [-0.39, 0.29) is 16.3 Å². The molecule has 1 amide bonds. The molecule has 0 aliphatic carbocycles. The van der Waals surface area contributed by atoms with E-state index in [2.05, 4.69) is 0 Å². The number of ketones is 1. The van der Waals surface area contributed by atoms with Crippen LogP contribution in [0.25, 0.3) is 0 Å². The standard InChI is InChI=1S/C12H10ClNO5/c1-12(19,11(17)18)5-14-7-4-2-3-6(13)8(7)9(15)10(14)16/h2-4,19H,5H2,1H3,(H,17,18). The molecule has 19 heavy (non-hydrogen) atoms. The summed E-state index contributed by atoms with van der Waals surface area (Å²) in [5.74, 6) is -3.19. The highest BCUT2D eigenvalue weighted by molar-refractivity contribution is 6.55. The second-order valence-electron chi connectivity index (χ2n) is 4.43. The van der Waals surface area contributed by atoms with Gasteiger partial charge in [0, 0.05) is 0 Å². The van der Waals surface area contributed by atoms with Gasteiger partial charge in [0.05, 0.1) is 22.8 Å². The van der Waals surface area contributed by atoms with E-state index in [1.54, 1.807) is 0 Å². The molecule has 1 aromatic carbocycles. The van der Waals surface area contributed by atoms with Crippen molar-refractivity contribution in [2.24, 2.45) is 0 Å². The van der Waals surface area contributed by atoms with Crippen LogP contribution < -0.4 is 4.90 Å². The number of aliphatic hydroxyl groups is 1. The Labute approximate surface area is 113 Å². The van der Waals surface area contributed by atoms with Gasteiger partial charge in [-0.25, -0.2) is 4.79 Å². The van der Waals surface area contributed by atoms with Gasteiger partial charge in [-0.2, -0.15) is 0 Å². The molecule has 1 atom stereocenters. The number of hydrogen-bond donors (Lipinski definition) is 2. The molecule has 100 valence electrons. The van der Waals surface area contributed by atoms with Crippen molar-refractivity contribution in [1.29, 1.82) is 0 Å². The maximum absolute atomic E-state index is 11.8. The Kier molecular flexibility index (Phi) is 3.07. The number of carbonyl (C=O) groups excluding carboxylic acids is 2. The third-order valence-electron chi connectivity index (χ3n) is 2.88. The Morgan fingerprint density at radius 1 is 1.42 bits per heavy atom. The van der Waals surface area contributed by atoms with Crippen LogP contribution in [0.3, 0.4) is 0 Å². The second kappa shape index (κ2) is 4.32. The number of carboxylic acid groups (broad SMARTS) is 1. The molecule has 1 heterocycles. The third-order valence-corrected chi connectivity index (χ3v) is 3.19. The number of hydrogen-bond acceptors (Lipinski definition) is 4. The minimum Gasteiger partial charge on any atom is -0.479 e. The fourth-order valence-corrected chi connectivity index (χ4v) is 2.09. The number of benzene rings is 1. The largest absolute Gasteiger partial charge is 0.479 e. The predicted molar refractivity (Wildman–Crippen MR) is 66.4 cm³/mol. The highest BCUT2D eigenvalue weighted by Crippen LogP contribution is 2.34. The molecule has 0 spiro atoms. The van der Waals surface area contributed by atoms with Crippen LogP contribution in [0.5, 0.6) is 0 Å². The van der Waals surface area contributed by atoms with E-state index in [0.717, 1.165) is 11.8 Å². The Bertz CT molecular complexity index is 596. The summed E-state index contributed by atoms with van der Waals surface area (Å²) in [5, 5.41) is 18.7. The van der Waals surface area contributed by atoms with Crippen LogP contribution in [-0.2, 0) is 9.59 Å². The predicted octanol–water partition coefficient (Wildman–Crippen LogP) is 0.705. The van der Waals surface area contributed by atoms with Gasteiger partial charge in [-0.1, -0.05) is 17.7 Å². The molecule has 0 bridgehead atoms. The summed E-state index contributed by atoms with van der Waals surface area (Å²) >= 11 is 5.85. The van der Waals surface area contributed by atoms with E-state index in [0.29, 0.717) is 0 Å². The number of β-amino-alcohol motifs (C(OH)–C–C–N with tert-alkyl or cyclic N) is 1. The molecule has 7 heteroatoms. The minimum atomic E-state index is -2.15. The third kappa shape index (κ3) is 2.09. The number of carboxylic acids is 1. The SMILES string of the molecule is CC(O)(CN1C(=O)C(=O)c2c(Cl)cccc21)C(=O)O. The molecule has 0 aromatic heterocycles. The van der Waals surface area contributed by atoms with Gasteiger partial charge in [-0.3, -0.25) is 9.59 Å². The molecular formula is C12H10ClNO5. The van der Waals surface area contributed by atoms with E-state index >= 15 is 0 Å². The summed E-state index contributed by atoms with van der Waals surface area (Å²) < 4.78 is 0. The number of fused-ring (bicyclic) bond motifs is 1. The molecular weight excluding hydrogens is 274 g/mol. The lowest BCUT2D eigenvalue weighted by atomic mass is 10.1. The van der Waals surface area contributed by atoms with Crippen LogP contribution in [0, 0.1) is 0 Å². The summed E-state index contributed by atoms with van der Waals surface area (Å²) in [5.41, 5.74) is -1.90. The number of carbonyl (C=O) groups is 3. The van der Waals surface area contributed by atoms with Gasteiger partial charge >= 0.3 is 5.97 Å². The summed E-state index contributed by atoms with van der Waals surface area (Å²) in [7, 11) is 0. The summed E-state index contributed by atoms with van der Waals surface area (Å²) in [6, 6.07) is 4.47. The maximum atomic E-state index is 11.8. The zero-order chi connectivity index (χ0) is 14.4. The number of halogens is 1. The normalized spacial score (nSPS) is 17.3. The van der Waals surface area contributed by atoms with E-state index in [1.165, 1.54) is 18.2 Å². The van der Waals surface area contributed by atoms with Gasteiger partial charge in [0.25, 0.3) is 11.7 Å². The molecule has 2 rings (SSSR count). The molecule has 0 saturated heterocycles. The monoisotopic (exact) mass is 283 g/mol. The van der Waals surface area contributed by atoms with Crippen LogP contribution in [0.4, 0.5) is 5.69 Å². The van der Waals surface area contributed by atoms with Crippen molar-refractivity contribution in [1.82, 2.24) is 0 Å². The summed E-state index contributed by atoms with van der Waals surface area (Å²) in [4.78, 5) is 35.4. The molecule has 0 saturated carbocycles. The first kappa shape index (κ1) is 13.5. The van der Waals surface area contributed by atoms with Crippen LogP contribution in [0.1, 0.15) is 17.3 Å². The Balaban J connectivity index is 2.45. The Hall–Kier alpha value is -1.92. The van der Waals surface area contributed by atoms with Crippen molar-refractivity contribution < 1.29 is 24.6 Å². The number of nitrogens with zero attached hydrogens (tertiary/aromatic N) is 1. The van der Waals surface area contributed by atoms with Gasteiger partial charge in [-0.05, 0) is 19.1 Å². The lowest BCUT2D eigenvalue weighted by Crippen LogP contribution is -2.48. The lowest BCUT2D eigenvalue weighted by molar-refractivity contribution is -0.155. The van der Waals surface area contributed by atoms with Gasteiger partial charge < -0.3 is 15.1 Å². The number of amides is 1. The number of aliphatic carboxylic acids is 1. The van der Waals surface area contributed by atoms with Crippen LogP contribution >= 0.6 is 11.6 Å². The van der Waals surface area contributed by atoms with Crippen molar-refractivity contribution >= 4 is 34.9 Å². The lowest BCUT2D eigenvalue weighted by Gasteiger charge is -2.25. The fraction of sp³-hybridized carbons (Fsp3) is 0.250. The van der Waals surface area contributed by atoms with Gasteiger partial charge in [-0.15, -0.1) is 0 Å². The quantitative estimate of drug-likeness (QED) is 0.797. The molecule has 1 aliphatic heterocycles. The zero-order valence-electron chi connectivity index (χ0n) is 9.88. The van der Waals surface area contributed by atoms with Crippen molar-refractivity contribution in [3.05, 3.63) is 28.8 Å². The number of anilines is 1. The van der Waals surface area contributed by atoms with E-state index in [4.69, 9.17) is 16.7 Å². The molecule has 2 N–H and O–H groups in total. The fourth-order valence-electron chi connectivity index (χ4n) is 1.83. The first-order valence-electron chi connectivity index (χ1n) is 5.36. The van der Waals surface area contributed by atoms with E-state index < -0.39 is 29.8 Å². The smallest absolute Gasteiger partial charge is 0.337 e. The van der Waals surface area contributed by atoms with Crippen molar-refractivity contribution in [2.75, 3.05) is 11.4 Å². The van der Waals surface area contributed by atoms with Gasteiger partial charge in [0.1, 0.15) is 0 Å². The molecule has 1 unspecified atom stereocenters. The molecule has 6 nitrogen and oxygen atoms in total. The highest BCUT2D eigenvalue weighted by atomic mass is 35.5. The Morgan fingerprint density at radius 3 is 2.63 bits per heavy atom. The zero-order valence-corrected chi connectivity index (χ0v) is 10.6. The molecule has 0 fully saturated rings. The Morgan fingerprint density at radius 2 is 2.05 bits per heavy atom. The molecule has 1 aromatic rings. The first-order valence-corrected chi connectivity index (χ1v) is 5.74. The number of Topliss-reactive ketones (excluding diaryl/α,β-unsaturated/α-hetero) is 1. The second-order valence-corrected chi connectivity index (χ2v) is 4.84. The van der Waals surface area contributed by atoms with Gasteiger partial charge in [0.15, 0.2) is 5.60 Å². The van der Waals surface area contributed by atoms with Crippen molar-refractivity contribution in [2.45, 2.75) is 12.5 Å². The first-order chi connectivity index (χ1) is 8.75. The number of rotatable bonds is 3. The maximum Gasteiger partial charge on any atom is 0.337 e. The van der Waals surface area contributed by atoms with Crippen LogP contribution in [-0.4, -0.2) is 40.0 Å². The summed E-state index contributed by atoms with van der Waals surface area (Å²) in [6.45, 7) is 0.524. The molecule has 1 aliphatic rings. The van der Waals surface area contributed by atoms with Crippen LogP contribution in [0.2, 0.25) is 5.02 Å². The topological polar surface area (TPSA) is 94.9 Å². The highest BCUT2D eigenvalue weighted by Gasteiger charge is 2.42. The van der Waals surface area contributed by atoms with Crippen LogP contribution in [0.15, 0.2) is 18.2 Å². The molecule has 0 radical (unpaired) electrons. The van der Waals surface area contributed by atoms with Crippen molar-refractivity contribution in [3.8, 4) is 0 Å². The van der Waals surface area contributed by atoms with E-state index in [9.17, 15) is 19.5 Å². The summed E-state index contributed by atoms with van der Waals surface area (Å²) in [6.07, 6.45) is 0. The minimum absolute atomic E-state index is 0.0374.